The minimum Gasteiger partial charge on any atom is -0.298 e. The Labute approximate surface area is 77.3 Å². The summed E-state index contributed by atoms with van der Waals surface area (Å²) in [6.07, 6.45) is 5.48. The van der Waals surface area contributed by atoms with Crippen molar-refractivity contribution in [3.63, 3.8) is 0 Å². The lowest BCUT2D eigenvalue weighted by molar-refractivity contribution is -0.148. The monoisotopic (exact) mass is 180 g/mol. The van der Waals surface area contributed by atoms with E-state index >= 15 is 0 Å². The average Bonchev–Trinajstić information content (AvgIpc) is 2.12. The summed E-state index contributed by atoms with van der Waals surface area (Å²) in [5, 5.41) is 2.80. The van der Waals surface area contributed by atoms with Crippen LogP contribution in [0.1, 0.15) is 13.3 Å². The molecule has 0 aromatic rings. The molecule has 0 saturated carbocycles. The van der Waals surface area contributed by atoms with Gasteiger partial charge in [0, 0.05) is 13.0 Å². The highest BCUT2D eigenvalue weighted by Crippen LogP contribution is 2.02. The fraction of sp³-hybridized carbons (Fsp3) is 0.556. The number of imide groups is 1. The number of rotatable bonds is 2. The summed E-state index contributed by atoms with van der Waals surface area (Å²) in [5.41, 5.74) is 0. The SMILES string of the molecule is C#CCCN1C(=O)CNC(C)C1=O. The molecule has 1 N–H and O–H groups in total. The molecule has 0 aromatic carbocycles. The Kier molecular flexibility index (Phi) is 3.04. The zero-order valence-corrected chi connectivity index (χ0v) is 7.54. The van der Waals surface area contributed by atoms with E-state index in [1.165, 1.54) is 4.90 Å². The van der Waals surface area contributed by atoms with Crippen molar-refractivity contribution in [3.05, 3.63) is 0 Å². The van der Waals surface area contributed by atoms with Gasteiger partial charge in [-0.2, -0.15) is 0 Å². The molecule has 2 amide bonds. The van der Waals surface area contributed by atoms with Gasteiger partial charge >= 0.3 is 0 Å². The number of carbonyl (C=O) groups excluding carboxylic acids is 2. The molecule has 0 spiro atoms. The molecule has 1 unspecified atom stereocenters. The zero-order chi connectivity index (χ0) is 9.84. The van der Waals surface area contributed by atoms with Crippen LogP contribution in [0.4, 0.5) is 0 Å². The van der Waals surface area contributed by atoms with E-state index in [1.54, 1.807) is 6.92 Å². The predicted molar refractivity (Wildman–Crippen MR) is 47.6 cm³/mol. The number of amides is 2. The molecule has 4 heteroatoms. The first-order chi connectivity index (χ1) is 6.16. The summed E-state index contributed by atoms with van der Waals surface area (Å²) in [6, 6.07) is -0.282. The maximum atomic E-state index is 11.4. The third kappa shape index (κ3) is 2.07. The number of nitrogens with one attached hydrogen (secondary N) is 1. The predicted octanol–water partition coefficient (Wildman–Crippen LogP) is -0.643. The van der Waals surface area contributed by atoms with Gasteiger partial charge in [0.2, 0.25) is 11.8 Å². The standard InChI is InChI=1S/C9H12N2O2/c1-3-4-5-11-8(12)6-10-7(2)9(11)13/h1,7,10H,4-6H2,2H3. The Bertz CT molecular complexity index is 267. The van der Waals surface area contributed by atoms with Gasteiger partial charge in [0.15, 0.2) is 0 Å². The molecular weight excluding hydrogens is 168 g/mol. The van der Waals surface area contributed by atoms with Gasteiger partial charge in [-0.1, -0.05) is 0 Å². The molecule has 0 aromatic heterocycles. The molecule has 0 aliphatic carbocycles. The van der Waals surface area contributed by atoms with Crippen LogP contribution in [0.5, 0.6) is 0 Å². The van der Waals surface area contributed by atoms with Crippen LogP contribution >= 0.6 is 0 Å². The largest absolute Gasteiger partial charge is 0.298 e. The molecule has 0 radical (unpaired) electrons. The van der Waals surface area contributed by atoms with E-state index in [4.69, 9.17) is 6.42 Å². The van der Waals surface area contributed by atoms with Crippen molar-refractivity contribution >= 4 is 11.8 Å². The van der Waals surface area contributed by atoms with Gasteiger partial charge in [0.05, 0.1) is 12.6 Å². The van der Waals surface area contributed by atoms with Crippen molar-refractivity contribution in [1.29, 1.82) is 0 Å². The second kappa shape index (κ2) is 4.06. The van der Waals surface area contributed by atoms with Gasteiger partial charge in [0.25, 0.3) is 0 Å². The summed E-state index contributed by atoms with van der Waals surface area (Å²) >= 11 is 0. The topological polar surface area (TPSA) is 49.4 Å². The Morgan fingerprint density at radius 1 is 1.69 bits per heavy atom. The van der Waals surface area contributed by atoms with Crippen molar-refractivity contribution in [2.45, 2.75) is 19.4 Å². The van der Waals surface area contributed by atoms with E-state index in [1.807, 2.05) is 0 Å². The van der Waals surface area contributed by atoms with E-state index in [0.29, 0.717) is 13.0 Å². The number of piperazine rings is 1. The van der Waals surface area contributed by atoms with Crippen LogP contribution in [-0.2, 0) is 9.59 Å². The zero-order valence-electron chi connectivity index (χ0n) is 7.54. The Morgan fingerprint density at radius 2 is 2.38 bits per heavy atom. The average molecular weight is 180 g/mol. The number of carbonyl (C=O) groups is 2. The van der Waals surface area contributed by atoms with Crippen molar-refractivity contribution in [2.75, 3.05) is 13.1 Å². The van der Waals surface area contributed by atoms with Crippen molar-refractivity contribution in [2.24, 2.45) is 0 Å². The third-order valence-corrected chi connectivity index (χ3v) is 1.98. The first kappa shape index (κ1) is 9.75. The summed E-state index contributed by atoms with van der Waals surface area (Å²) in [6.45, 7) is 2.29. The molecule has 70 valence electrons. The van der Waals surface area contributed by atoms with Gasteiger partial charge in [-0.05, 0) is 6.92 Å². The highest BCUT2D eigenvalue weighted by atomic mass is 16.2. The molecule has 1 aliphatic heterocycles. The van der Waals surface area contributed by atoms with Gasteiger partial charge in [-0.3, -0.25) is 19.8 Å². The lowest BCUT2D eigenvalue weighted by Crippen LogP contribution is -2.57. The van der Waals surface area contributed by atoms with Crippen molar-refractivity contribution in [3.8, 4) is 12.3 Å². The van der Waals surface area contributed by atoms with E-state index in [-0.39, 0.29) is 24.4 Å². The summed E-state index contributed by atoms with van der Waals surface area (Å²) in [7, 11) is 0. The quantitative estimate of drug-likeness (QED) is 0.454. The Balaban J connectivity index is 2.62. The molecule has 1 aliphatic rings. The van der Waals surface area contributed by atoms with Crippen molar-refractivity contribution in [1.82, 2.24) is 10.2 Å². The van der Waals surface area contributed by atoms with E-state index in [0.717, 1.165) is 0 Å². The lowest BCUT2D eigenvalue weighted by Gasteiger charge is -2.29. The summed E-state index contributed by atoms with van der Waals surface area (Å²) in [4.78, 5) is 23.9. The molecule has 13 heavy (non-hydrogen) atoms. The fourth-order valence-electron chi connectivity index (χ4n) is 1.19. The van der Waals surface area contributed by atoms with Gasteiger partial charge in [-0.25, -0.2) is 0 Å². The van der Waals surface area contributed by atoms with Crippen LogP contribution in [0.15, 0.2) is 0 Å². The molecular formula is C9H12N2O2. The Hall–Kier alpha value is -1.34. The fourth-order valence-corrected chi connectivity index (χ4v) is 1.19. The molecule has 1 heterocycles. The number of nitrogens with zero attached hydrogens (tertiary/aromatic N) is 1. The highest BCUT2D eigenvalue weighted by Gasteiger charge is 2.30. The second-order valence-corrected chi connectivity index (χ2v) is 2.94. The Morgan fingerprint density at radius 3 is 3.00 bits per heavy atom. The molecule has 1 atom stereocenters. The molecule has 1 fully saturated rings. The highest BCUT2D eigenvalue weighted by molar-refractivity contribution is 6.00. The first-order valence-corrected chi connectivity index (χ1v) is 4.18. The lowest BCUT2D eigenvalue weighted by atomic mass is 10.2. The maximum Gasteiger partial charge on any atom is 0.246 e. The minimum atomic E-state index is -0.282. The van der Waals surface area contributed by atoms with Crippen LogP contribution < -0.4 is 5.32 Å². The van der Waals surface area contributed by atoms with E-state index in [2.05, 4.69) is 11.2 Å². The number of terminal acetylenes is 1. The molecule has 1 saturated heterocycles. The maximum absolute atomic E-state index is 11.4. The number of hydrogen-bond donors (Lipinski definition) is 1. The molecule has 4 nitrogen and oxygen atoms in total. The molecule has 0 bridgehead atoms. The number of hydrogen-bond acceptors (Lipinski definition) is 3. The first-order valence-electron chi connectivity index (χ1n) is 4.18. The van der Waals surface area contributed by atoms with Gasteiger partial charge < -0.3 is 0 Å². The molecule has 1 rings (SSSR count). The van der Waals surface area contributed by atoms with Gasteiger partial charge in [-0.15, -0.1) is 12.3 Å². The van der Waals surface area contributed by atoms with Crippen LogP contribution in [0.25, 0.3) is 0 Å². The van der Waals surface area contributed by atoms with Gasteiger partial charge in [0.1, 0.15) is 0 Å². The van der Waals surface area contributed by atoms with Crippen LogP contribution in [0.3, 0.4) is 0 Å². The third-order valence-electron chi connectivity index (χ3n) is 1.98. The van der Waals surface area contributed by atoms with Crippen LogP contribution in [0.2, 0.25) is 0 Å². The van der Waals surface area contributed by atoms with E-state index < -0.39 is 0 Å². The summed E-state index contributed by atoms with van der Waals surface area (Å²) < 4.78 is 0. The van der Waals surface area contributed by atoms with E-state index in [9.17, 15) is 9.59 Å². The van der Waals surface area contributed by atoms with Crippen molar-refractivity contribution < 1.29 is 9.59 Å². The minimum absolute atomic E-state index is 0.188. The smallest absolute Gasteiger partial charge is 0.246 e. The second-order valence-electron chi connectivity index (χ2n) is 2.94. The van der Waals surface area contributed by atoms with Crippen LogP contribution in [-0.4, -0.2) is 35.8 Å². The van der Waals surface area contributed by atoms with Crippen LogP contribution in [0, 0.1) is 12.3 Å². The normalized spacial score (nSPS) is 23.1. The summed E-state index contributed by atoms with van der Waals surface area (Å²) in [5.74, 6) is 2.02.